The van der Waals surface area contributed by atoms with Gasteiger partial charge in [-0.25, -0.2) is 0 Å². The Bertz CT molecular complexity index is 109. The molecule has 0 nitrogen and oxygen atoms in total. The summed E-state index contributed by atoms with van der Waals surface area (Å²) in [5.41, 5.74) is 0. The van der Waals surface area contributed by atoms with Crippen molar-refractivity contribution in [1.29, 1.82) is 0 Å². The van der Waals surface area contributed by atoms with Crippen molar-refractivity contribution in [3.8, 4) is 0 Å². The lowest BCUT2D eigenvalue weighted by atomic mass is 10.2. The Labute approximate surface area is 111 Å². The zero-order chi connectivity index (χ0) is 12.2. The van der Waals surface area contributed by atoms with Gasteiger partial charge < -0.3 is 0 Å². The molecule has 0 unspecified atom stereocenters. The lowest BCUT2D eigenvalue weighted by Gasteiger charge is -2.19. The monoisotopic (exact) mass is 262 g/mol. The highest BCUT2D eigenvalue weighted by atomic mass is 33.1. The van der Waals surface area contributed by atoms with Gasteiger partial charge in [-0.3, -0.25) is 0 Å². The highest BCUT2D eigenvalue weighted by Gasteiger charge is 2.13. The topological polar surface area (TPSA) is 0 Å². The molecule has 0 bridgehead atoms. The van der Waals surface area contributed by atoms with Crippen LogP contribution in [-0.4, -0.2) is 10.5 Å². The molecule has 0 amide bonds. The fourth-order valence-electron chi connectivity index (χ4n) is 1.93. The van der Waals surface area contributed by atoms with Gasteiger partial charge in [0.2, 0.25) is 0 Å². The molecular formula is C14H30S2. The van der Waals surface area contributed by atoms with Crippen LogP contribution in [0.5, 0.6) is 0 Å². The predicted octanol–water partition coefficient (Wildman–Crippen LogP) is 6.31. The molecule has 0 radical (unpaired) electrons. The van der Waals surface area contributed by atoms with Crippen molar-refractivity contribution in [2.75, 3.05) is 0 Å². The average Bonchev–Trinajstić information content (AvgIpc) is 2.27. The van der Waals surface area contributed by atoms with Crippen molar-refractivity contribution in [1.82, 2.24) is 0 Å². The van der Waals surface area contributed by atoms with E-state index in [1.165, 1.54) is 51.4 Å². The Kier molecular flexibility index (Phi) is 12.7. The second-order valence-electron chi connectivity index (χ2n) is 4.59. The maximum Gasteiger partial charge on any atom is 0.0151 e. The van der Waals surface area contributed by atoms with Gasteiger partial charge in [0.1, 0.15) is 0 Å². The van der Waals surface area contributed by atoms with Gasteiger partial charge in [-0.05, 0) is 25.7 Å². The second-order valence-corrected chi connectivity index (χ2v) is 7.46. The summed E-state index contributed by atoms with van der Waals surface area (Å²) in [5.74, 6) is 0. The lowest BCUT2D eigenvalue weighted by molar-refractivity contribution is 0.671. The van der Waals surface area contributed by atoms with E-state index in [4.69, 9.17) is 0 Å². The summed E-state index contributed by atoms with van der Waals surface area (Å²) < 4.78 is 0. The summed E-state index contributed by atoms with van der Waals surface area (Å²) >= 11 is 0. The standard InChI is InChI=1S/C14H30S2/c1-5-9-13(10-6-2)15-16-14(11-7-3)12-8-4/h13-14H,5-12H2,1-4H3. The minimum absolute atomic E-state index is 0.899. The van der Waals surface area contributed by atoms with Crippen LogP contribution in [0, 0.1) is 0 Å². The van der Waals surface area contributed by atoms with E-state index in [0.717, 1.165) is 10.5 Å². The number of rotatable bonds is 11. The van der Waals surface area contributed by atoms with Gasteiger partial charge in [0.25, 0.3) is 0 Å². The van der Waals surface area contributed by atoms with Crippen LogP contribution in [0.2, 0.25) is 0 Å². The molecular weight excluding hydrogens is 232 g/mol. The lowest BCUT2D eigenvalue weighted by Crippen LogP contribution is -2.04. The highest BCUT2D eigenvalue weighted by molar-refractivity contribution is 8.77. The van der Waals surface area contributed by atoms with Crippen molar-refractivity contribution in [2.24, 2.45) is 0 Å². The Balaban J connectivity index is 3.83. The normalized spacial score (nSPS) is 11.6. The first kappa shape index (κ1) is 16.7. The molecule has 0 saturated carbocycles. The molecule has 0 rings (SSSR count). The van der Waals surface area contributed by atoms with Gasteiger partial charge in [-0.2, -0.15) is 0 Å². The molecule has 0 aromatic rings. The molecule has 0 atom stereocenters. The van der Waals surface area contributed by atoms with Crippen LogP contribution in [0.15, 0.2) is 0 Å². The molecule has 0 fully saturated rings. The van der Waals surface area contributed by atoms with E-state index in [1.54, 1.807) is 0 Å². The Morgan fingerprint density at radius 2 is 0.812 bits per heavy atom. The fourth-order valence-corrected chi connectivity index (χ4v) is 5.67. The Hall–Kier alpha value is 0.700. The largest absolute Gasteiger partial charge is 0.0904 e. The van der Waals surface area contributed by atoms with Crippen LogP contribution in [0.1, 0.15) is 79.1 Å². The molecule has 0 N–H and O–H groups in total. The number of hydrogen-bond acceptors (Lipinski definition) is 2. The van der Waals surface area contributed by atoms with Crippen LogP contribution in [0.4, 0.5) is 0 Å². The minimum atomic E-state index is 0.899. The van der Waals surface area contributed by atoms with E-state index in [2.05, 4.69) is 49.3 Å². The van der Waals surface area contributed by atoms with Gasteiger partial charge in [-0.15, -0.1) is 0 Å². The van der Waals surface area contributed by atoms with Crippen molar-refractivity contribution in [3.05, 3.63) is 0 Å². The Morgan fingerprint density at radius 3 is 1.00 bits per heavy atom. The van der Waals surface area contributed by atoms with Gasteiger partial charge in [-0.1, -0.05) is 75.0 Å². The smallest absolute Gasteiger partial charge is 0.0151 e. The van der Waals surface area contributed by atoms with Gasteiger partial charge in [0, 0.05) is 10.5 Å². The van der Waals surface area contributed by atoms with Gasteiger partial charge >= 0.3 is 0 Å². The third kappa shape index (κ3) is 8.81. The van der Waals surface area contributed by atoms with E-state index < -0.39 is 0 Å². The van der Waals surface area contributed by atoms with E-state index in [1.807, 2.05) is 0 Å². The maximum absolute atomic E-state index is 2.31. The molecule has 0 aromatic carbocycles. The number of hydrogen-bond donors (Lipinski definition) is 0. The van der Waals surface area contributed by atoms with Crippen LogP contribution in [-0.2, 0) is 0 Å². The molecule has 0 aliphatic rings. The van der Waals surface area contributed by atoms with E-state index >= 15 is 0 Å². The van der Waals surface area contributed by atoms with E-state index in [9.17, 15) is 0 Å². The third-order valence-corrected chi connectivity index (χ3v) is 6.33. The molecule has 0 aliphatic carbocycles. The minimum Gasteiger partial charge on any atom is -0.0904 e. The van der Waals surface area contributed by atoms with E-state index in [-0.39, 0.29) is 0 Å². The average molecular weight is 263 g/mol. The second kappa shape index (κ2) is 12.2. The first-order valence-corrected chi connectivity index (χ1v) is 9.38. The van der Waals surface area contributed by atoms with Crippen LogP contribution in [0.3, 0.4) is 0 Å². The van der Waals surface area contributed by atoms with Crippen LogP contribution in [0.25, 0.3) is 0 Å². The first-order valence-electron chi connectivity index (χ1n) is 7.10. The van der Waals surface area contributed by atoms with Gasteiger partial charge in [0.05, 0.1) is 0 Å². The predicted molar refractivity (Wildman–Crippen MR) is 82.4 cm³/mol. The molecule has 2 heteroatoms. The summed E-state index contributed by atoms with van der Waals surface area (Å²) in [6.45, 7) is 9.24. The summed E-state index contributed by atoms with van der Waals surface area (Å²) in [6, 6.07) is 0. The van der Waals surface area contributed by atoms with Crippen molar-refractivity contribution in [3.63, 3.8) is 0 Å². The van der Waals surface area contributed by atoms with Gasteiger partial charge in [0.15, 0.2) is 0 Å². The van der Waals surface area contributed by atoms with Crippen LogP contribution >= 0.6 is 21.6 Å². The zero-order valence-corrected chi connectivity index (χ0v) is 13.3. The fraction of sp³-hybridized carbons (Fsp3) is 1.00. The molecule has 98 valence electrons. The quantitative estimate of drug-likeness (QED) is 0.400. The molecule has 0 aliphatic heterocycles. The third-order valence-electron chi connectivity index (χ3n) is 2.77. The summed E-state index contributed by atoms with van der Waals surface area (Å²) in [4.78, 5) is 0. The van der Waals surface area contributed by atoms with Crippen molar-refractivity contribution < 1.29 is 0 Å². The molecule has 0 saturated heterocycles. The molecule has 0 spiro atoms. The Morgan fingerprint density at radius 1 is 0.562 bits per heavy atom. The highest BCUT2D eigenvalue weighted by Crippen LogP contribution is 2.38. The zero-order valence-electron chi connectivity index (χ0n) is 11.6. The molecule has 16 heavy (non-hydrogen) atoms. The van der Waals surface area contributed by atoms with Crippen molar-refractivity contribution in [2.45, 2.75) is 89.6 Å². The maximum atomic E-state index is 2.31. The molecule has 0 heterocycles. The van der Waals surface area contributed by atoms with E-state index in [0.29, 0.717) is 0 Å². The first-order chi connectivity index (χ1) is 7.78. The van der Waals surface area contributed by atoms with Crippen molar-refractivity contribution >= 4 is 21.6 Å². The summed E-state index contributed by atoms with van der Waals surface area (Å²) in [5, 5.41) is 1.80. The SMILES string of the molecule is CCCC(CCC)SSC(CCC)CCC. The molecule has 0 aromatic heterocycles. The summed E-state index contributed by atoms with van der Waals surface area (Å²) in [6.07, 6.45) is 10.9. The summed E-state index contributed by atoms with van der Waals surface area (Å²) in [7, 11) is 4.35. The van der Waals surface area contributed by atoms with Crippen LogP contribution < -0.4 is 0 Å².